The van der Waals surface area contributed by atoms with Crippen LogP contribution in [0.2, 0.25) is 0 Å². The fraction of sp³-hybridized carbons (Fsp3) is 0.722. The summed E-state index contributed by atoms with van der Waals surface area (Å²) in [5.74, 6) is 0. The number of hydrogen-bond acceptors (Lipinski definition) is 3. The first kappa shape index (κ1) is 39.3. The zero-order valence-corrected chi connectivity index (χ0v) is 30.9. The van der Waals surface area contributed by atoms with Crippen LogP contribution in [0.25, 0.3) is 10.8 Å². The van der Waals surface area contributed by atoms with Gasteiger partial charge in [-0.1, -0.05) is 160 Å². The summed E-state index contributed by atoms with van der Waals surface area (Å²) in [6, 6.07) is 9.88. The van der Waals surface area contributed by atoms with Gasteiger partial charge in [-0.15, -0.1) is 0 Å². The molecule has 2 aromatic carbocycles. The van der Waals surface area contributed by atoms with Gasteiger partial charge >= 0.3 is 51.4 Å². The molecule has 0 bridgehead atoms. The molecule has 0 unspecified atom stereocenters. The molecule has 41 heavy (non-hydrogen) atoms. The second-order valence-corrected chi connectivity index (χ2v) is 13.5. The summed E-state index contributed by atoms with van der Waals surface area (Å²) in [5.41, 5.74) is 2.01. The van der Waals surface area contributed by atoms with Gasteiger partial charge in [0.1, 0.15) is 10.1 Å². The Morgan fingerprint density at radius 3 is 1.37 bits per heavy atom. The number of benzene rings is 2. The Labute approximate surface area is 296 Å². The van der Waals surface area contributed by atoms with E-state index in [0.29, 0.717) is 12.0 Å². The summed E-state index contributed by atoms with van der Waals surface area (Å²) >= 11 is 0. The van der Waals surface area contributed by atoms with Crippen LogP contribution in [0.15, 0.2) is 35.2 Å². The summed E-state index contributed by atoms with van der Waals surface area (Å²) in [7, 11) is -4.48. The van der Waals surface area contributed by atoms with Crippen molar-refractivity contribution in [2.75, 3.05) is 0 Å². The molecule has 3 nitrogen and oxygen atoms in total. The molecule has 0 heterocycles. The predicted molar refractivity (Wildman–Crippen MR) is 172 cm³/mol. The molecule has 0 amide bonds. The number of fused-ring (bicyclic) bond motifs is 1. The second-order valence-electron chi connectivity index (χ2n) is 12.2. The number of hydrogen-bond donors (Lipinski definition) is 0. The van der Waals surface area contributed by atoms with Gasteiger partial charge in [0, 0.05) is 0 Å². The minimum Gasteiger partial charge on any atom is -0.744 e. The van der Waals surface area contributed by atoms with Gasteiger partial charge in [0.25, 0.3) is 0 Å². The maximum atomic E-state index is 12.0. The molecule has 0 atom stereocenters. The SMILES string of the molecule is CCCCCCCCCCCCCc1ccc2cc(S(=O)(=O)[O-])c(CCCCCCCCCCCCC)cc2c1.[K+]. The van der Waals surface area contributed by atoms with Gasteiger partial charge in [-0.25, -0.2) is 8.42 Å². The molecule has 0 fully saturated rings. The second kappa shape index (κ2) is 24.6. The van der Waals surface area contributed by atoms with Crippen molar-refractivity contribution in [1.29, 1.82) is 0 Å². The van der Waals surface area contributed by atoms with E-state index in [2.05, 4.69) is 26.0 Å². The van der Waals surface area contributed by atoms with Gasteiger partial charge in [-0.2, -0.15) is 0 Å². The fourth-order valence-electron chi connectivity index (χ4n) is 5.93. The van der Waals surface area contributed by atoms with Crippen LogP contribution in [-0.4, -0.2) is 13.0 Å². The van der Waals surface area contributed by atoms with E-state index in [1.54, 1.807) is 6.07 Å². The first-order valence-corrected chi connectivity index (χ1v) is 18.4. The molecule has 228 valence electrons. The van der Waals surface area contributed by atoms with Gasteiger partial charge in [-0.3, -0.25) is 0 Å². The van der Waals surface area contributed by atoms with E-state index < -0.39 is 10.1 Å². The minimum absolute atomic E-state index is 0. The van der Waals surface area contributed by atoms with Gasteiger partial charge in [-0.05, 0) is 59.7 Å². The summed E-state index contributed by atoms with van der Waals surface area (Å²) in [6.45, 7) is 4.53. The van der Waals surface area contributed by atoms with E-state index in [-0.39, 0.29) is 56.3 Å². The molecule has 0 spiro atoms. The predicted octanol–water partition coefficient (Wildman–Crippen LogP) is 8.45. The van der Waals surface area contributed by atoms with Crippen molar-refractivity contribution >= 4 is 20.9 Å². The van der Waals surface area contributed by atoms with E-state index in [1.807, 2.05) is 12.1 Å². The minimum atomic E-state index is -4.48. The third-order valence-corrected chi connectivity index (χ3v) is 9.39. The molecule has 0 aromatic heterocycles. The van der Waals surface area contributed by atoms with Crippen LogP contribution >= 0.6 is 0 Å². The fourth-order valence-corrected chi connectivity index (χ4v) is 6.68. The van der Waals surface area contributed by atoms with Crippen molar-refractivity contribution in [1.82, 2.24) is 0 Å². The van der Waals surface area contributed by atoms with Crippen molar-refractivity contribution < 1.29 is 64.4 Å². The largest absolute Gasteiger partial charge is 1.00 e. The van der Waals surface area contributed by atoms with E-state index in [9.17, 15) is 13.0 Å². The van der Waals surface area contributed by atoms with E-state index in [4.69, 9.17) is 0 Å². The molecule has 0 N–H and O–H groups in total. The van der Waals surface area contributed by atoms with Crippen molar-refractivity contribution in [3.63, 3.8) is 0 Å². The van der Waals surface area contributed by atoms with Crippen molar-refractivity contribution in [2.45, 2.75) is 173 Å². The quantitative estimate of drug-likeness (QED) is 0.0644. The van der Waals surface area contributed by atoms with Crippen LogP contribution in [-0.2, 0) is 23.0 Å². The van der Waals surface area contributed by atoms with Crippen LogP contribution in [0, 0.1) is 0 Å². The number of unbranched alkanes of at least 4 members (excludes halogenated alkanes) is 20. The Balaban J connectivity index is 0.00000840. The molecule has 0 aliphatic rings. The van der Waals surface area contributed by atoms with Gasteiger partial charge in [0.05, 0.1) is 4.90 Å². The van der Waals surface area contributed by atoms with Crippen molar-refractivity contribution in [3.8, 4) is 0 Å². The van der Waals surface area contributed by atoms with Crippen molar-refractivity contribution in [2.24, 2.45) is 0 Å². The normalized spacial score (nSPS) is 11.7. The first-order chi connectivity index (χ1) is 19.5. The van der Waals surface area contributed by atoms with Crippen molar-refractivity contribution in [3.05, 3.63) is 41.5 Å². The Morgan fingerprint density at radius 2 is 0.927 bits per heavy atom. The molecule has 0 aliphatic heterocycles. The van der Waals surface area contributed by atoms with Crippen LogP contribution in [0.1, 0.15) is 166 Å². The molecule has 5 heteroatoms. The molecule has 0 radical (unpaired) electrons. The van der Waals surface area contributed by atoms with Crippen LogP contribution in [0.4, 0.5) is 0 Å². The topological polar surface area (TPSA) is 57.2 Å². The third-order valence-electron chi connectivity index (χ3n) is 8.47. The molecule has 0 saturated carbocycles. The molecular weight excluding hydrogens is 552 g/mol. The third kappa shape index (κ3) is 18.0. The average molecular weight is 611 g/mol. The molecule has 2 aromatic rings. The van der Waals surface area contributed by atoms with E-state index in [1.165, 1.54) is 134 Å². The van der Waals surface area contributed by atoms with Crippen LogP contribution < -0.4 is 51.4 Å². The van der Waals surface area contributed by atoms with E-state index in [0.717, 1.165) is 30.0 Å². The Bertz CT molecular complexity index is 1030. The van der Waals surface area contributed by atoms with Gasteiger partial charge < -0.3 is 4.55 Å². The van der Waals surface area contributed by atoms with Gasteiger partial charge in [0.15, 0.2) is 0 Å². The van der Waals surface area contributed by atoms with Gasteiger partial charge in [0.2, 0.25) is 0 Å². The zero-order chi connectivity index (χ0) is 28.9. The molecule has 0 aliphatic carbocycles. The van der Waals surface area contributed by atoms with E-state index >= 15 is 0 Å². The average Bonchev–Trinajstić information content (AvgIpc) is 2.93. The molecular formula is C36H59KO3S. The summed E-state index contributed by atoms with van der Waals surface area (Å²) < 4.78 is 36.1. The smallest absolute Gasteiger partial charge is 0.744 e. The maximum absolute atomic E-state index is 12.0. The zero-order valence-electron chi connectivity index (χ0n) is 27.0. The monoisotopic (exact) mass is 610 g/mol. The maximum Gasteiger partial charge on any atom is 1.00 e. The summed E-state index contributed by atoms with van der Waals surface area (Å²) in [6.07, 6.45) is 30.3. The first-order valence-electron chi connectivity index (χ1n) is 17.0. The standard InChI is InChI=1S/C36H60O3S.K/c1-3-5-7-9-11-13-15-17-19-21-23-25-32-27-28-33-31-36(40(37,38)39)34(30-35(33)29-32)26-24-22-20-18-16-14-12-10-8-6-4-2;/h27-31H,3-26H2,1-2H3,(H,37,38,39);/q;+1/p-1. The Hall–Kier alpha value is 0.246. The molecule has 2 rings (SSSR count). The van der Waals surface area contributed by atoms with Crippen LogP contribution in [0.5, 0.6) is 0 Å². The summed E-state index contributed by atoms with van der Waals surface area (Å²) in [5, 5.41) is 1.91. The van der Waals surface area contributed by atoms with Crippen LogP contribution in [0.3, 0.4) is 0 Å². The molecule has 0 saturated heterocycles. The Kier molecular flexibility index (Phi) is 23.5. The number of rotatable bonds is 25. The summed E-state index contributed by atoms with van der Waals surface area (Å²) in [4.78, 5) is -0.0230. The number of aryl methyl sites for hydroxylation is 2. The Morgan fingerprint density at radius 1 is 0.512 bits per heavy atom.